The number of nitrogens with zero attached hydrogens (tertiary/aromatic N) is 1. The lowest BCUT2D eigenvalue weighted by atomic mass is 10.2. The molecule has 2 N–H and O–H groups in total. The van der Waals surface area contributed by atoms with Gasteiger partial charge in [0.05, 0.1) is 19.0 Å². The van der Waals surface area contributed by atoms with E-state index in [4.69, 9.17) is 14.2 Å². The molecule has 7 heteroatoms. The molecule has 0 bridgehead atoms. The van der Waals surface area contributed by atoms with E-state index in [1.54, 1.807) is 25.4 Å². The molecule has 0 saturated heterocycles. The Morgan fingerprint density at radius 1 is 1.04 bits per heavy atom. The zero-order valence-electron chi connectivity index (χ0n) is 15.3. The average Bonchev–Trinajstić information content (AvgIpc) is 3.21. The Kier molecular flexibility index (Phi) is 4.97. The van der Waals surface area contributed by atoms with Crippen LogP contribution in [0.25, 0.3) is 0 Å². The standard InChI is InChI=1S/C21H19N3O4/c1-26-17-6-2-14(3-7-17)11-23-21(25)18-8-4-16(12-22-18)24-15-5-9-19-20(10-15)28-13-27-19/h2-10,12,24H,11,13H2,1H3,(H,23,25). The summed E-state index contributed by atoms with van der Waals surface area (Å²) in [6.07, 6.45) is 1.62. The molecule has 0 spiro atoms. The highest BCUT2D eigenvalue weighted by Crippen LogP contribution is 2.35. The fraction of sp³-hybridized carbons (Fsp3) is 0.143. The number of ether oxygens (including phenoxy) is 3. The van der Waals surface area contributed by atoms with Crippen molar-refractivity contribution >= 4 is 17.3 Å². The van der Waals surface area contributed by atoms with Crippen LogP contribution in [0.1, 0.15) is 16.1 Å². The number of fused-ring (bicyclic) bond motifs is 1. The lowest BCUT2D eigenvalue weighted by molar-refractivity contribution is 0.0946. The molecule has 7 nitrogen and oxygen atoms in total. The molecule has 3 aromatic rings. The van der Waals surface area contributed by atoms with Gasteiger partial charge >= 0.3 is 0 Å². The predicted octanol–water partition coefficient (Wildman–Crippen LogP) is 3.49. The zero-order chi connectivity index (χ0) is 19.3. The summed E-state index contributed by atoms with van der Waals surface area (Å²) in [6, 6.07) is 16.6. The SMILES string of the molecule is COc1ccc(CNC(=O)c2ccc(Nc3ccc4c(c3)OCO4)cn2)cc1. The Labute approximate surface area is 162 Å². The minimum absolute atomic E-state index is 0.231. The van der Waals surface area contributed by atoms with E-state index in [-0.39, 0.29) is 12.7 Å². The van der Waals surface area contributed by atoms with Crippen molar-refractivity contribution in [2.75, 3.05) is 19.2 Å². The molecule has 142 valence electrons. The number of amides is 1. The largest absolute Gasteiger partial charge is 0.497 e. The summed E-state index contributed by atoms with van der Waals surface area (Å²) in [4.78, 5) is 16.5. The molecule has 0 radical (unpaired) electrons. The molecular weight excluding hydrogens is 358 g/mol. The number of methoxy groups -OCH3 is 1. The van der Waals surface area contributed by atoms with Crippen molar-refractivity contribution in [1.82, 2.24) is 10.3 Å². The fourth-order valence-electron chi connectivity index (χ4n) is 2.76. The molecule has 0 unspecified atom stereocenters. The van der Waals surface area contributed by atoms with Gasteiger partial charge in [-0.25, -0.2) is 4.98 Å². The second-order valence-electron chi connectivity index (χ2n) is 6.16. The van der Waals surface area contributed by atoms with Gasteiger partial charge in [-0.3, -0.25) is 4.79 Å². The van der Waals surface area contributed by atoms with Gasteiger partial charge in [0.15, 0.2) is 11.5 Å². The first-order valence-electron chi connectivity index (χ1n) is 8.75. The second-order valence-corrected chi connectivity index (χ2v) is 6.16. The Morgan fingerprint density at radius 3 is 2.57 bits per heavy atom. The highest BCUT2D eigenvalue weighted by molar-refractivity contribution is 5.92. The minimum Gasteiger partial charge on any atom is -0.497 e. The molecule has 0 atom stereocenters. The summed E-state index contributed by atoms with van der Waals surface area (Å²) in [7, 11) is 1.62. The molecular formula is C21H19N3O4. The first kappa shape index (κ1) is 17.7. The number of pyridine rings is 1. The number of hydrogen-bond acceptors (Lipinski definition) is 6. The molecule has 1 amide bonds. The molecule has 2 heterocycles. The van der Waals surface area contributed by atoms with Crippen LogP contribution >= 0.6 is 0 Å². The monoisotopic (exact) mass is 377 g/mol. The van der Waals surface area contributed by atoms with Crippen LogP contribution in [0.3, 0.4) is 0 Å². The number of anilines is 2. The van der Waals surface area contributed by atoms with Crippen molar-refractivity contribution in [3.8, 4) is 17.2 Å². The zero-order valence-corrected chi connectivity index (χ0v) is 15.3. The average molecular weight is 377 g/mol. The quantitative estimate of drug-likeness (QED) is 0.684. The molecule has 0 fully saturated rings. The number of rotatable bonds is 6. The van der Waals surface area contributed by atoms with Crippen molar-refractivity contribution in [2.24, 2.45) is 0 Å². The molecule has 2 aromatic carbocycles. The highest BCUT2D eigenvalue weighted by atomic mass is 16.7. The second kappa shape index (κ2) is 7.87. The van der Waals surface area contributed by atoms with Crippen molar-refractivity contribution in [2.45, 2.75) is 6.54 Å². The maximum atomic E-state index is 12.3. The van der Waals surface area contributed by atoms with Crippen molar-refractivity contribution in [1.29, 1.82) is 0 Å². The number of carbonyl (C=O) groups excluding carboxylic acids is 1. The summed E-state index contributed by atoms with van der Waals surface area (Å²) < 4.78 is 15.8. The molecule has 0 saturated carbocycles. The maximum absolute atomic E-state index is 12.3. The summed E-state index contributed by atoms with van der Waals surface area (Å²) >= 11 is 0. The summed E-state index contributed by atoms with van der Waals surface area (Å²) in [5.74, 6) is 1.98. The third kappa shape index (κ3) is 3.98. The van der Waals surface area contributed by atoms with Crippen LogP contribution < -0.4 is 24.8 Å². The number of aromatic nitrogens is 1. The van der Waals surface area contributed by atoms with Crippen molar-refractivity contribution in [3.63, 3.8) is 0 Å². The number of benzene rings is 2. The Bertz CT molecular complexity index is 972. The highest BCUT2D eigenvalue weighted by Gasteiger charge is 2.13. The Balaban J connectivity index is 1.35. The van der Waals surface area contributed by atoms with Crippen molar-refractivity contribution < 1.29 is 19.0 Å². The van der Waals surface area contributed by atoms with Gasteiger partial charge in [-0.2, -0.15) is 0 Å². The third-order valence-corrected chi connectivity index (χ3v) is 4.27. The van der Waals surface area contributed by atoms with E-state index in [1.807, 2.05) is 42.5 Å². The van der Waals surface area contributed by atoms with E-state index in [0.717, 1.165) is 28.4 Å². The topological polar surface area (TPSA) is 81.7 Å². The van der Waals surface area contributed by atoms with Crippen LogP contribution in [-0.4, -0.2) is 24.8 Å². The minimum atomic E-state index is -0.231. The van der Waals surface area contributed by atoms with Gasteiger partial charge in [0.2, 0.25) is 6.79 Å². The number of nitrogens with one attached hydrogen (secondary N) is 2. The van der Waals surface area contributed by atoms with Crippen LogP contribution in [-0.2, 0) is 6.54 Å². The molecule has 1 aliphatic rings. The van der Waals surface area contributed by atoms with Crippen LogP contribution in [0.15, 0.2) is 60.8 Å². The van der Waals surface area contributed by atoms with Gasteiger partial charge in [0.1, 0.15) is 11.4 Å². The number of carbonyl (C=O) groups is 1. The van der Waals surface area contributed by atoms with Gasteiger partial charge in [0.25, 0.3) is 5.91 Å². The first-order chi connectivity index (χ1) is 13.7. The molecule has 0 aliphatic carbocycles. The molecule has 1 aliphatic heterocycles. The predicted molar refractivity (Wildman–Crippen MR) is 104 cm³/mol. The van der Waals surface area contributed by atoms with Gasteiger partial charge in [0, 0.05) is 18.3 Å². The van der Waals surface area contributed by atoms with Gasteiger partial charge in [-0.15, -0.1) is 0 Å². The van der Waals surface area contributed by atoms with E-state index in [1.165, 1.54) is 0 Å². The molecule has 28 heavy (non-hydrogen) atoms. The van der Waals surface area contributed by atoms with Gasteiger partial charge < -0.3 is 24.8 Å². The summed E-state index contributed by atoms with van der Waals surface area (Å²) in [6.45, 7) is 0.655. The Morgan fingerprint density at radius 2 is 1.82 bits per heavy atom. The van der Waals surface area contributed by atoms with Crippen LogP contribution in [0.5, 0.6) is 17.2 Å². The molecule has 1 aromatic heterocycles. The van der Waals surface area contributed by atoms with Crippen molar-refractivity contribution in [3.05, 3.63) is 72.1 Å². The third-order valence-electron chi connectivity index (χ3n) is 4.27. The van der Waals surface area contributed by atoms with Crippen LogP contribution in [0, 0.1) is 0 Å². The van der Waals surface area contributed by atoms with Crippen LogP contribution in [0.4, 0.5) is 11.4 Å². The summed E-state index contributed by atoms with van der Waals surface area (Å²) in [5.41, 5.74) is 2.95. The van der Waals surface area contributed by atoms with Crippen LogP contribution in [0.2, 0.25) is 0 Å². The maximum Gasteiger partial charge on any atom is 0.270 e. The van der Waals surface area contributed by atoms with E-state index in [2.05, 4.69) is 15.6 Å². The Hall–Kier alpha value is -3.74. The fourth-order valence-corrected chi connectivity index (χ4v) is 2.76. The summed E-state index contributed by atoms with van der Waals surface area (Å²) in [5, 5.41) is 6.08. The van der Waals surface area contributed by atoms with E-state index >= 15 is 0 Å². The lowest BCUT2D eigenvalue weighted by Gasteiger charge is -2.09. The smallest absolute Gasteiger partial charge is 0.270 e. The van der Waals surface area contributed by atoms with Gasteiger partial charge in [-0.05, 0) is 42.0 Å². The normalized spacial score (nSPS) is 11.8. The lowest BCUT2D eigenvalue weighted by Crippen LogP contribution is -2.23. The van der Waals surface area contributed by atoms with E-state index in [9.17, 15) is 4.79 Å². The van der Waals surface area contributed by atoms with E-state index in [0.29, 0.717) is 18.0 Å². The van der Waals surface area contributed by atoms with E-state index < -0.39 is 0 Å². The van der Waals surface area contributed by atoms with Gasteiger partial charge in [-0.1, -0.05) is 12.1 Å². The first-order valence-corrected chi connectivity index (χ1v) is 8.75. The number of hydrogen-bond donors (Lipinski definition) is 2. The molecule has 4 rings (SSSR count).